The van der Waals surface area contributed by atoms with E-state index in [9.17, 15) is 4.39 Å². The van der Waals surface area contributed by atoms with Crippen molar-refractivity contribution in [3.05, 3.63) is 34.6 Å². The molecule has 18 heavy (non-hydrogen) atoms. The Labute approximate surface area is 112 Å². The normalized spacial score (nSPS) is 19.3. The quantitative estimate of drug-likeness (QED) is 0.888. The van der Waals surface area contributed by atoms with Crippen molar-refractivity contribution >= 4 is 11.6 Å². The molecule has 4 heteroatoms. The van der Waals surface area contributed by atoms with E-state index in [0.717, 1.165) is 12.8 Å². The summed E-state index contributed by atoms with van der Waals surface area (Å²) in [7, 11) is 3.63. The Hall–Kier alpha value is -0.640. The molecule has 1 saturated carbocycles. The van der Waals surface area contributed by atoms with Crippen LogP contribution < -0.4 is 5.32 Å². The van der Waals surface area contributed by atoms with Gasteiger partial charge >= 0.3 is 0 Å². The first-order valence-corrected chi connectivity index (χ1v) is 6.65. The standard InChI is InChI=1S/C14H19ClFNO/c1-17-13(14(18-2)6-3-7-14)9-10-8-11(15)4-5-12(10)16/h4-5,8,13,17H,3,6-7,9H2,1-2H3. The number of methoxy groups -OCH3 is 1. The van der Waals surface area contributed by atoms with Crippen LogP contribution >= 0.6 is 11.6 Å². The van der Waals surface area contributed by atoms with Crippen molar-refractivity contribution in [3.8, 4) is 0 Å². The van der Waals surface area contributed by atoms with Gasteiger partial charge in [0.05, 0.1) is 5.60 Å². The molecule has 2 rings (SSSR count). The Morgan fingerprint density at radius 3 is 2.72 bits per heavy atom. The second kappa shape index (κ2) is 5.55. The summed E-state index contributed by atoms with van der Waals surface area (Å²) in [6.45, 7) is 0. The van der Waals surface area contributed by atoms with Crippen LogP contribution in [0.1, 0.15) is 24.8 Å². The number of halogens is 2. The third-order valence-electron chi connectivity index (χ3n) is 4.02. The summed E-state index contributed by atoms with van der Waals surface area (Å²) < 4.78 is 19.4. The highest BCUT2D eigenvalue weighted by Gasteiger charge is 2.43. The topological polar surface area (TPSA) is 21.3 Å². The van der Waals surface area contributed by atoms with Crippen LogP contribution in [0.3, 0.4) is 0 Å². The summed E-state index contributed by atoms with van der Waals surface area (Å²) in [4.78, 5) is 0. The maximum Gasteiger partial charge on any atom is 0.126 e. The van der Waals surface area contributed by atoms with E-state index < -0.39 is 0 Å². The zero-order valence-electron chi connectivity index (χ0n) is 10.8. The van der Waals surface area contributed by atoms with Crippen molar-refractivity contribution in [2.45, 2.75) is 37.3 Å². The van der Waals surface area contributed by atoms with E-state index >= 15 is 0 Å². The molecule has 100 valence electrons. The summed E-state index contributed by atoms with van der Waals surface area (Å²) in [5.74, 6) is -0.203. The molecule has 1 fully saturated rings. The summed E-state index contributed by atoms with van der Waals surface area (Å²) in [6, 6.07) is 4.81. The van der Waals surface area contributed by atoms with E-state index in [1.165, 1.54) is 12.5 Å². The molecule has 1 N–H and O–H groups in total. The van der Waals surface area contributed by atoms with Crippen LogP contribution in [0.25, 0.3) is 0 Å². The number of benzene rings is 1. The minimum atomic E-state index is -0.203. The van der Waals surface area contributed by atoms with Gasteiger partial charge in [0.1, 0.15) is 5.82 Å². The number of nitrogens with one attached hydrogen (secondary N) is 1. The summed E-state index contributed by atoms with van der Waals surface area (Å²) in [5.41, 5.74) is 0.494. The van der Waals surface area contributed by atoms with Crippen LogP contribution in [0.2, 0.25) is 5.02 Å². The van der Waals surface area contributed by atoms with Gasteiger partial charge in [0, 0.05) is 18.2 Å². The number of hydrogen-bond acceptors (Lipinski definition) is 2. The maximum absolute atomic E-state index is 13.8. The van der Waals surface area contributed by atoms with Gasteiger partial charge in [-0.15, -0.1) is 0 Å². The Kier molecular flexibility index (Phi) is 4.25. The van der Waals surface area contributed by atoms with Crippen molar-refractivity contribution < 1.29 is 9.13 Å². The fourth-order valence-corrected chi connectivity index (χ4v) is 2.89. The zero-order valence-corrected chi connectivity index (χ0v) is 11.6. The van der Waals surface area contributed by atoms with Crippen LogP contribution in [0.5, 0.6) is 0 Å². The van der Waals surface area contributed by atoms with Gasteiger partial charge in [0.15, 0.2) is 0 Å². The van der Waals surface area contributed by atoms with E-state index in [4.69, 9.17) is 16.3 Å². The van der Waals surface area contributed by atoms with Gasteiger partial charge in [-0.05, 0) is 56.5 Å². The molecule has 0 radical (unpaired) electrons. The van der Waals surface area contributed by atoms with Crippen LogP contribution in [0, 0.1) is 5.82 Å². The lowest BCUT2D eigenvalue weighted by Gasteiger charge is -2.46. The molecule has 1 atom stereocenters. The van der Waals surface area contributed by atoms with E-state index in [1.54, 1.807) is 19.2 Å². The van der Waals surface area contributed by atoms with Crippen molar-refractivity contribution in [1.82, 2.24) is 5.32 Å². The van der Waals surface area contributed by atoms with Crippen molar-refractivity contribution in [1.29, 1.82) is 0 Å². The molecular weight excluding hydrogens is 253 g/mol. The van der Waals surface area contributed by atoms with E-state index in [0.29, 0.717) is 17.0 Å². The van der Waals surface area contributed by atoms with Crippen molar-refractivity contribution in [2.75, 3.05) is 14.2 Å². The van der Waals surface area contributed by atoms with Crippen LogP contribution in [-0.2, 0) is 11.2 Å². The Morgan fingerprint density at radius 2 is 2.22 bits per heavy atom. The lowest BCUT2D eigenvalue weighted by Crippen LogP contribution is -2.56. The Balaban J connectivity index is 2.17. The van der Waals surface area contributed by atoms with E-state index in [1.807, 2.05) is 7.05 Å². The third-order valence-corrected chi connectivity index (χ3v) is 4.26. The molecular formula is C14H19ClFNO. The van der Waals surface area contributed by atoms with Crippen LogP contribution in [0.4, 0.5) is 4.39 Å². The lowest BCUT2D eigenvalue weighted by atomic mass is 9.72. The number of rotatable bonds is 5. The fraction of sp³-hybridized carbons (Fsp3) is 0.571. The molecule has 0 aliphatic heterocycles. The highest BCUT2D eigenvalue weighted by Crippen LogP contribution is 2.39. The molecule has 0 heterocycles. The summed E-state index contributed by atoms with van der Waals surface area (Å²) in [5, 5.41) is 3.83. The highest BCUT2D eigenvalue weighted by atomic mass is 35.5. The molecule has 0 amide bonds. The summed E-state index contributed by atoms with van der Waals surface area (Å²) >= 11 is 5.92. The molecule has 0 spiro atoms. The largest absolute Gasteiger partial charge is 0.377 e. The van der Waals surface area contributed by atoms with Crippen LogP contribution in [0.15, 0.2) is 18.2 Å². The first kappa shape index (κ1) is 13.8. The average Bonchev–Trinajstić information content (AvgIpc) is 2.31. The van der Waals surface area contributed by atoms with E-state index in [-0.39, 0.29) is 17.5 Å². The van der Waals surface area contributed by atoms with Gasteiger partial charge in [0.25, 0.3) is 0 Å². The Morgan fingerprint density at radius 1 is 1.50 bits per heavy atom. The second-order valence-electron chi connectivity index (χ2n) is 4.90. The molecule has 1 unspecified atom stereocenters. The minimum absolute atomic E-state index is 0.115. The predicted octanol–water partition coefficient (Wildman–Crippen LogP) is 3.18. The third kappa shape index (κ3) is 2.53. The molecule has 1 aromatic rings. The Bertz CT molecular complexity index is 415. The van der Waals surface area contributed by atoms with Gasteiger partial charge in [-0.3, -0.25) is 0 Å². The van der Waals surface area contributed by atoms with Gasteiger partial charge in [-0.25, -0.2) is 4.39 Å². The average molecular weight is 272 g/mol. The molecule has 1 aliphatic rings. The van der Waals surface area contributed by atoms with E-state index in [2.05, 4.69) is 5.32 Å². The molecule has 0 bridgehead atoms. The maximum atomic E-state index is 13.8. The monoisotopic (exact) mass is 271 g/mol. The first-order chi connectivity index (χ1) is 8.61. The lowest BCUT2D eigenvalue weighted by molar-refractivity contribution is -0.0967. The second-order valence-corrected chi connectivity index (χ2v) is 5.34. The van der Waals surface area contributed by atoms with Gasteiger partial charge in [-0.1, -0.05) is 11.6 Å². The smallest absolute Gasteiger partial charge is 0.126 e. The van der Waals surface area contributed by atoms with Gasteiger partial charge < -0.3 is 10.1 Å². The summed E-state index contributed by atoms with van der Waals surface area (Å²) in [6.07, 6.45) is 3.81. The number of likely N-dealkylation sites (N-methyl/N-ethyl adjacent to an activating group) is 1. The minimum Gasteiger partial charge on any atom is -0.377 e. The fourth-order valence-electron chi connectivity index (χ4n) is 2.69. The highest BCUT2D eigenvalue weighted by molar-refractivity contribution is 6.30. The van der Waals surface area contributed by atoms with Crippen molar-refractivity contribution in [2.24, 2.45) is 0 Å². The predicted molar refractivity (Wildman–Crippen MR) is 71.6 cm³/mol. The van der Waals surface area contributed by atoms with Crippen molar-refractivity contribution in [3.63, 3.8) is 0 Å². The number of ether oxygens (including phenoxy) is 1. The molecule has 0 saturated heterocycles. The SMILES string of the molecule is CNC(Cc1cc(Cl)ccc1F)C1(OC)CCC1. The van der Waals surface area contributed by atoms with Gasteiger partial charge in [-0.2, -0.15) is 0 Å². The van der Waals surface area contributed by atoms with Gasteiger partial charge in [0.2, 0.25) is 0 Å². The van der Waals surface area contributed by atoms with Crippen LogP contribution in [-0.4, -0.2) is 25.8 Å². The zero-order chi connectivity index (χ0) is 13.2. The number of hydrogen-bond donors (Lipinski definition) is 1. The molecule has 2 nitrogen and oxygen atoms in total. The molecule has 1 aliphatic carbocycles. The first-order valence-electron chi connectivity index (χ1n) is 6.27. The molecule has 1 aromatic carbocycles. The molecule has 0 aromatic heterocycles.